The molecule has 3 heterocycles. The lowest BCUT2D eigenvalue weighted by molar-refractivity contribution is 0.241. The minimum absolute atomic E-state index is 0.114. The number of hydrogen-bond donors (Lipinski definition) is 1. The lowest BCUT2D eigenvalue weighted by atomic mass is 10.1. The second-order valence-electron chi connectivity index (χ2n) is 7.76. The maximum Gasteiger partial charge on any atom is 0.322 e. The van der Waals surface area contributed by atoms with E-state index in [0.717, 1.165) is 30.5 Å². The van der Waals surface area contributed by atoms with E-state index < -0.39 is 15.9 Å². The van der Waals surface area contributed by atoms with Crippen LogP contribution in [0.3, 0.4) is 0 Å². The molecule has 1 N–H and O–H groups in total. The fraction of sp³-hybridized carbons (Fsp3) is 0.318. The fourth-order valence-corrected chi connectivity index (χ4v) is 4.44. The van der Waals surface area contributed by atoms with Gasteiger partial charge in [0.15, 0.2) is 9.84 Å². The van der Waals surface area contributed by atoms with Crippen LogP contribution < -0.4 is 10.2 Å². The molecule has 0 aliphatic carbocycles. The van der Waals surface area contributed by atoms with E-state index in [1.54, 1.807) is 40.2 Å². The van der Waals surface area contributed by atoms with Crippen LogP contribution in [0.2, 0.25) is 0 Å². The van der Waals surface area contributed by atoms with Crippen molar-refractivity contribution in [3.8, 4) is 5.69 Å². The molecule has 0 radical (unpaired) electrons. The normalized spacial score (nSPS) is 14.7. The molecule has 0 fully saturated rings. The van der Waals surface area contributed by atoms with Crippen molar-refractivity contribution in [2.75, 3.05) is 17.7 Å². The minimum Gasteiger partial charge on any atom is -0.331 e. The topological polar surface area (TPSA) is 97.2 Å². The van der Waals surface area contributed by atoms with Gasteiger partial charge in [0.25, 0.3) is 0 Å². The Balaban J connectivity index is 1.58. The van der Waals surface area contributed by atoms with Crippen molar-refractivity contribution in [3.05, 3.63) is 66.0 Å². The van der Waals surface area contributed by atoms with Crippen molar-refractivity contribution < 1.29 is 17.6 Å². The summed E-state index contributed by atoms with van der Waals surface area (Å²) in [5.41, 5.74) is 2.94. The monoisotopic (exact) mass is 457 g/mol. The molecule has 0 unspecified atom stereocenters. The number of urea groups is 1. The van der Waals surface area contributed by atoms with Gasteiger partial charge in [0.1, 0.15) is 5.82 Å². The van der Waals surface area contributed by atoms with Gasteiger partial charge in [0, 0.05) is 25.2 Å². The summed E-state index contributed by atoms with van der Waals surface area (Å²) >= 11 is 0. The van der Waals surface area contributed by atoms with Gasteiger partial charge in [-0.25, -0.2) is 22.3 Å². The van der Waals surface area contributed by atoms with Gasteiger partial charge in [-0.15, -0.1) is 0 Å². The standard InChI is InChI=1S/C22H24FN5O3S/c1-3-19(15-11-18(13-24-12-15)32(2,30)31)26-22(29)27-10-4-5-20-21(27)14-25-28(20)17-8-6-16(23)7-9-17/h6-9,11-14,19H,3-5,10H2,1-2H3,(H,26,29)/t19-/m0/s1. The van der Waals surface area contributed by atoms with Crippen LogP contribution in [0.25, 0.3) is 5.69 Å². The van der Waals surface area contributed by atoms with Crippen molar-refractivity contribution in [1.29, 1.82) is 0 Å². The van der Waals surface area contributed by atoms with E-state index in [9.17, 15) is 17.6 Å². The predicted octanol–water partition coefficient (Wildman–Crippen LogP) is 3.42. The molecule has 1 atom stereocenters. The van der Waals surface area contributed by atoms with Crippen LogP contribution in [0.5, 0.6) is 0 Å². The number of aromatic nitrogens is 3. The summed E-state index contributed by atoms with van der Waals surface area (Å²) in [7, 11) is -3.40. The van der Waals surface area contributed by atoms with Gasteiger partial charge in [-0.3, -0.25) is 9.88 Å². The second kappa shape index (κ2) is 8.70. The Morgan fingerprint density at radius 1 is 1.22 bits per heavy atom. The van der Waals surface area contributed by atoms with Crippen LogP contribution in [-0.2, 0) is 16.3 Å². The Bertz CT molecular complexity index is 1240. The molecule has 0 spiro atoms. The molecule has 32 heavy (non-hydrogen) atoms. The lowest BCUT2D eigenvalue weighted by Crippen LogP contribution is -2.44. The van der Waals surface area contributed by atoms with Gasteiger partial charge in [-0.05, 0) is 55.2 Å². The SMILES string of the molecule is CC[C@H](NC(=O)N1CCCc2c1cnn2-c1ccc(F)cc1)c1cncc(S(C)(=O)=O)c1. The van der Waals surface area contributed by atoms with Crippen LogP contribution in [0.1, 0.15) is 37.1 Å². The third-order valence-corrected chi connectivity index (χ3v) is 6.60. The molecule has 1 aliphatic heterocycles. The lowest BCUT2D eigenvalue weighted by Gasteiger charge is -2.29. The van der Waals surface area contributed by atoms with Gasteiger partial charge in [-0.1, -0.05) is 6.92 Å². The quantitative estimate of drug-likeness (QED) is 0.633. The molecular weight excluding hydrogens is 433 g/mol. The Hall–Kier alpha value is -3.27. The second-order valence-corrected chi connectivity index (χ2v) is 9.77. The number of benzene rings is 1. The average molecular weight is 458 g/mol. The average Bonchev–Trinajstić information content (AvgIpc) is 3.21. The number of rotatable bonds is 5. The first-order valence-corrected chi connectivity index (χ1v) is 12.2. The number of anilines is 1. The first-order chi connectivity index (χ1) is 15.3. The number of nitrogens with zero attached hydrogens (tertiary/aromatic N) is 4. The first kappa shape index (κ1) is 21.9. The predicted molar refractivity (Wildman–Crippen MR) is 118 cm³/mol. The molecule has 1 aromatic carbocycles. The van der Waals surface area contributed by atoms with E-state index in [1.165, 1.54) is 18.3 Å². The summed E-state index contributed by atoms with van der Waals surface area (Å²) < 4.78 is 38.8. The molecule has 0 saturated carbocycles. The van der Waals surface area contributed by atoms with Gasteiger partial charge < -0.3 is 5.32 Å². The number of hydrogen-bond acceptors (Lipinski definition) is 5. The van der Waals surface area contributed by atoms with E-state index in [2.05, 4.69) is 15.4 Å². The summed E-state index contributed by atoms with van der Waals surface area (Å²) in [4.78, 5) is 19.0. The Morgan fingerprint density at radius 2 is 1.97 bits per heavy atom. The largest absolute Gasteiger partial charge is 0.331 e. The van der Waals surface area contributed by atoms with Crippen molar-refractivity contribution in [2.24, 2.45) is 0 Å². The zero-order valence-electron chi connectivity index (χ0n) is 17.8. The summed E-state index contributed by atoms with van der Waals surface area (Å²) in [5, 5.41) is 7.42. The highest BCUT2D eigenvalue weighted by Crippen LogP contribution is 2.30. The highest BCUT2D eigenvalue weighted by atomic mass is 32.2. The third-order valence-electron chi connectivity index (χ3n) is 5.52. The molecule has 2 amide bonds. The molecule has 0 bridgehead atoms. The van der Waals surface area contributed by atoms with Gasteiger partial charge in [-0.2, -0.15) is 5.10 Å². The molecule has 3 aromatic rings. The molecular formula is C22H24FN5O3S. The molecule has 8 nitrogen and oxygen atoms in total. The summed E-state index contributed by atoms with van der Waals surface area (Å²) in [5.74, 6) is -0.323. The zero-order valence-corrected chi connectivity index (χ0v) is 18.6. The molecule has 2 aromatic heterocycles. The van der Waals surface area contributed by atoms with E-state index in [1.807, 2.05) is 6.92 Å². The van der Waals surface area contributed by atoms with Gasteiger partial charge in [0.2, 0.25) is 0 Å². The van der Waals surface area contributed by atoms with Crippen LogP contribution in [0.4, 0.5) is 14.9 Å². The zero-order chi connectivity index (χ0) is 22.9. The molecule has 4 rings (SSSR count). The van der Waals surface area contributed by atoms with Gasteiger partial charge >= 0.3 is 6.03 Å². The van der Waals surface area contributed by atoms with Crippen LogP contribution in [0, 0.1) is 5.82 Å². The molecule has 0 saturated heterocycles. The van der Waals surface area contributed by atoms with E-state index >= 15 is 0 Å². The Labute approximate surface area is 186 Å². The van der Waals surface area contributed by atoms with Crippen molar-refractivity contribution in [3.63, 3.8) is 0 Å². The minimum atomic E-state index is -3.40. The summed E-state index contributed by atoms with van der Waals surface area (Å²) in [6.07, 6.45) is 7.70. The smallest absolute Gasteiger partial charge is 0.322 e. The van der Waals surface area contributed by atoms with Gasteiger partial charge in [0.05, 0.1) is 34.2 Å². The van der Waals surface area contributed by atoms with Crippen LogP contribution in [-0.4, -0.2) is 42.0 Å². The maximum atomic E-state index is 13.3. The van der Waals surface area contributed by atoms with Crippen molar-refractivity contribution in [1.82, 2.24) is 20.1 Å². The number of carbonyl (C=O) groups excluding carboxylic acids is 1. The molecule has 1 aliphatic rings. The van der Waals surface area contributed by atoms with Crippen molar-refractivity contribution in [2.45, 2.75) is 37.1 Å². The van der Waals surface area contributed by atoms with Crippen molar-refractivity contribution >= 4 is 21.6 Å². The third kappa shape index (κ3) is 4.36. The van der Waals surface area contributed by atoms with Crippen LogP contribution >= 0.6 is 0 Å². The fourth-order valence-electron chi connectivity index (χ4n) is 3.84. The van der Waals surface area contributed by atoms with Crippen LogP contribution in [0.15, 0.2) is 53.8 Å². The summed E-state index contributed by atoms with van der Waals surface area (Å²) in [6, 6.07) is 6.91. The Kier molecular flexibility index (Phi) is 5.96. The molecule has 10 heteroatoms. The van der Waals surface area contributed by atoms with E-state index in [-0.39, 0.29) is 16.7 Å². The maximum absolute atomic E-state index is 13.3. The van der Waals surface area contributed by atoms with E-state index in [4.69, 9.17) is 0 Å². The molecule has 168 valence electrons. The number of carbonyl (C=O) groups is 1. The number of sulfone groups is 1. The Morgan fingerprint density at radius 3 is 2.66 bits per heavy atom. The number of pyridine rings is 1. The number of nitrogens with one attached hydrogen (secondary N) is 1. The number of fused-ring (bicyclic) bond motifs is 1. The first-order valence-electron chi connectivity index (χ1n) is 10.3. The van der Waals surface area contributed by atoms with E-state index in [0.29, 0.717) is 24.2 Å². The number of halogens is 1. The summed E-state index contributed by atoms with van der Waals surface area (Å²) in [6.45, 7) is 2.44. The highest BCUT2D eigenvalue weighted by Gasteiger charge is 2.28. The highest BCUT2D eigenvalue weighted by molar-refractivity contribution is 7.90. The number of amides is 2.